The van der Waals surface area contributed by atoms with Crippen molar-refractivity contribution in [3.8, 4) is 0 Å². The van der Waals surface area contributed by atoms with Gasteiger partial charge in [-0.3, -0.25) is 14.5 Å². The summed E-state index contributed by atoms with van der Waals surface area (Å²) in [6.45, 7) is 9.95. The number of aliphatic hydroxyl groups excluding tert-OH is 1. The number of rotatable bonds is 36. The summed E-state index contributed by atoms with van der Waals surface area (Å²) >= 11 is 0. The van der Waals surface area contributed by atoms with Gasteiger partial charge in [0.05, 0.1) is 25.7 Å². The number of hydrogen-bond donors (Lipinski definition) is 1. The van der Waals surface area contributed by atoms with Gasteiger partial charge in [-0.05, 0) is 103 Å². The van der Waals surface area contributed by atoms with Crippen LogP contribution in [0.3, 0.4) is 0 Å². The predicted molar refractivity (Wildman–Crippen MR) is 197 cm³/mol. The molecule has 0 aromatic carbocycles. The van der Waals surface area contributed by atoms with Crippen LogP contribution in [0.5, 0.6) is 0 Å². The van der Waals surface area contributed by atoms with Crippen LogP contribution in [0.2, 0.25) is 0 Å². The van der Waals surface area contributed by atoms with Crippen molar-refractivity contribution >= 4 is 17.9 Å². The summed E-state index contributed by atoms with van der Waals surface area (Å²) in [5, 5.41) is 10.3. The first-order valence-electron chi connectivity index (χ1n) is 19.7. The highest BCUT2D eigenvalue weighted by Crippen LogP contribution is 2.12. The Morgan fingerprint density at radius 3 is 1.54 bits per heavy atom. The van der Waals surface area contributed by atoms with E-state index in [-0.39, 0.29) is 43.6 Å². The fourth-order valence-corrected chi connectivity index (χ4v) is 4.96. The maximum absolute atomic E-state index is 12.4. The van der Waals surface area contributed by atoms with Crippen molar-refractivity contribution in [3.05, 3.63) is 24.3 Å². The van der Waals surface area contributed by atoms with Gasteiger partial charge in [-0.2, -0.15) is 4.89 Å². The molecule has 10 nitrogen and oxygen atoms in total. The van der Waals surface area contributed by atoms with Crippen molar-refractivity contribution in [2.24, 2.45) is 0 Å². The Morgan fingerprint density at radius 1 is 0.540 bits per heavy atom. The van der Waals surface area contributed by atoms with Crippen LogP contribution in [-0.2, 0) is 43.1 Å². The molecule has 0 aliphatic rings. The fourth-order valence-electron chi connectivity index (χ4n) is 4.96. The van der Waals surface area contributed by atoms with Crippen LogP contribution in [0.4, 0.5) is 0 Å². The van der Waals surface area contributed by atoms with E-state index >= 15 is 0 Å². The number of allylic oxidation sites excluding steroid dienone is 4. The maximum Gasteiger partial charge on any atom is 0.342 e. The van der Waals surface area contributed by atoms with E-state index in [4.69, 9.17) is 28.7 Å². The molecule has 0 heterocycles. The van der Waals surface area contributed by atoms with Gasteiger partial charge < -0.3 is 24.1 Å². The summed E-state index contributed by atoms with van der Waals surface area (Å²) in [7, 11) is 0. The molecule has 0 aliphatic heterocycles. The molecule has 0 fully saturated rings. The van der Waals surface area contributed by atoms with Gasteiger partial charge in [0.15, 0.2) is 6.29 Å². The average Bonchev–Trinajstić information content (AvgIpc) is 3.11. The Balaban J connectivity index is 3.98. The first kappa shape index (κ1) is 47.7. The first-order chi connectivity index (χ1) is 24.4. The Kier molecular flexibility index (Phi) is 34.9. The van der Waals surface area contributed by atoms with Crippen LogP contribution in [0.15, 0.2) is 24.3 Å². The van der Waals surface area contributed by atoms with E-state index in [0.29, 0.717) is 71.0 Å². The highest BCUT2D eigenvalue weighted by atomic mass is 17.2. The molecule has 10 heteroatoms. The van der Waals surface area contributed by atoms with Crippen molar-refractivity contribution in [3.63, 3.8) is 0 Å². The normalized spacial score (nSPS) is 12.4. The Morgan fingerprint density at radius 2 is 1.04 bits per heavy atom. The Bertz CT molecular complexity index is 831. The molecule has 0 saturated heterocycles. The van der Waals surface area contributed by atoms with E-state index < -0.39 is 12.4 Å². The van der Waals surface area contributed by atoms with Crippen molar-refractivity contribution in [1.82, 2.24) is 0 Å². The van der Waals surface area contributed by atoms with E-state index in [1.807, 2.05) is 13.8 Å². The van der Waals surface area contributed by atoms with Crippen LogP contribution in [0.1, 0.15) is 169 Å². The van der Waals surface area contributed by atoms with Crippen molar-refractivity contribution < 1.29 is 48.2 Å². The van der Waals surface area contributed by atoms with Gasteiger partial charge in [-0.25, -0.2) is 4.79 Å². The molecule has 292 valence electrons. The summed E-state index contributed by atoms with van der Waals surface area (Å²) < 4.78 is 22.6. The molecule has 0 aromatic rings. The van der Waals surface area contributed by atoms with Crippen LogP contribution in [0.25, 0.3) is 0 Å². The molecule has 0 radical (unpaired) electrons. The molecular formula is C40H72O10. The van der Waals surface area contributed by atoms with Crippen molar-refractivity contribution in [1.29, 1.82) is 0 Å². The zero-order chi connectivity index (χ0) is 36.9. The standard InChI is InChI=1S/C40H72O10/c1-5-9-11-13-17-21-31-47-40(48-32-22-18-14-12-10-6-2)30-29-38(43)46-34-24-26-35(41)25-23-33-45-37(42)27-19-15-16-20-28-39(44)50-49-36(7-3)8-4/h9-12,35-36,40-41H,5-8,13-34H2,1-4H3/b11-9-,12-10-. The molecule has 0 rings (SSSR count). The van der Waals surface area contributed by atoms with E-state index in [9.17, 15) is 19.5 Å². The number of esters is 2. The number of hydrogen-bond acceptors (Lipinski definition) is 10. The molecule has 0 aliphatic carbocycles. The van der Waals surface area contributed by atoms with Crippen molar-refractivity contribution in [2.45, 2.75) is 187 Å². The van der Waals surface area contributed by atoms with E-state index in [2.05, 4.69) is 38.2 Å². The lowest BCUT2D eigenvalue weighted by atomic mass is 10.1. The third-order valence-electron chi connectivity index (χ3n) is 8.12. The minimum atomic E-state index is -0.541. The third-order valence-corrected chi connectivity index (χ3v) is 8.12. The van der Waals surface area contributed by atoms with Gasteiger partial charge in [-0.1, -0.05) is 64.8 Å². The van der Waals surface area contributed by atoms with Crippen molar-refractivity contribution in [2.75, 3.05) is 26.4 Å². The SMILES string of the molecule is CC/C=C\CCCCOC(CCC(=O)OCCCC(O)CCCOC(=O)CCCCCCC(=O)OOC(CC)CC)OCCCC/C=C\CC. The Hall–Kier alpha value is -2.27. The number of aliphatic hydroxyl groups is 1. The molecule has 0 bridgehead atoms. The quantitative estimate of drug-likeness (QED) is 0.0168. The van der Waals surface area contributed by atoms with Gasteiger partial charge >= 0.3 is 17.9 Å². The topological polar surface area (TPSA) is 127 Å². The minimum absolute atomic E-state index is 0.0582. The Labute approximate surface area is 303 Å². The molecule has 50 heavy (non-hydrogen) atoms. The van der Waals surface area contributed by atoms with Crippen LogP contribution in [-0.4, -0.2) is 67.9 Å². The highest BCUT2D eigenvalue weighted by molar-refractivity contribution is 5.69. The zero-order valence-corrected chi connectivity index (χ0v) is 32.0. The van der Waals surface area contributed by atoms with Crippen LogP contribution in [0, 0.1) is 0 Å². The summed E-state index contributed by atoms with van der Waals surface area (Å²) in [6.07, 6.45) is 24.1. The summed E-state index contributed by atoms with van der Waals surface area (Å²) in [4.78, 5) is 46.0. The first-order valence-corrected chi connectivity index (χ1v) is 19.7. The number of carbonyl (C=O) groups excluding carboxylic acids is 3. The zero-order valence-electron chi connectivity index (χ0n) is 32.0. The van der Waals surface area contributed by atoms with Crippen LogP contribution >= 0.6 is 0 Å². The van der Waals surface area contributed by atoms with Gasteiger partial charge in [0.2, 0.25) is 0 Å². The summed E-state index contributed by atoms with van der Waals surface area (Å²) in [5.74, 6) is -0.894. The number of unbranched alkanes of at least 4 members (excludes halogenated alkanes) is 7. The van der Waals surface area contributed by atoms with Crippen LogP contribution < -0.4 is 0 Å². The monoisotopic (exact) mass is 713 g/mol. The van der Waals surface area contributed by atoms with Gasteiger partial charge in [0, 0.05) is 32.5 Å². The lowest BCUT2D eigenvalue weighted by Crippen LogP contribution is -2.21. The highest BCUT2D eigenvalue weighted by Gasteiger charge is 2.14. The average molecular weight is 713 g/mol. The molecule has 0 spiro atoms. The van der Waals surface area contributed by atoms with E-state index in [0.717, 1.165) is 77.0 Å². The molecule has 1 unspecified atom stereocenters. The largest absolute Gasteiger partial charge is 0.466 e. The molecule has 0 amide bonds. The second kappa shape index (κ2) is 36.5. The fraction of sp³-hybridized carbons (Fsp3) is 0.825. The number of carbonyl (C=O) groups is 3. The van der Waals surface area contributed by atoms with Gasteiger partial charge in [0.1, 0.15) is 6.10 Å². The van der Waals surface area contributed by atoms with E-state index in [1.165, 1.54) is 0 Å². The number of ether oxygens (including phenoxy) is 4. The third kappa shape index (κ3) is 32.9. The van der Waals surface area contributed by atoms with Gasteiger partial charge in [0.25, 0.3) is 0 Å². The molecule has 1 N–H and O–H groups in total. The lowest BCUT2D eigenvalue weighted by molar-refractivity contribution is -0.298. The predicted octanol–water partition coefficient (Wildman–Crippen LogP) is 9.41. The second-order valence-electron chi connectivity index (χ2n) is 12.7. The molecule has 1 atom stereocenters. The maximum atomic E-state index is 12.4. The van der Waals surface area contributed by atoms with E-state index in [1.54, 1.807) is 0 Å². The minimum Gasteiger partial charge on any atom is -0.466 e. The summed E-state index contributed by atoms with van der Waals surface area (Å²) in [6, 6.07) is 0. The summed E-state index contributed by atoms with van der Waals surface area (Å²) in [5.41, 5.74) is 0. The van der Waals surface area contributed by atoms with Gasteiger partial charge in [-0.15, -0.1) is 0 Å². The lowest BCUT2D eigenvalue weighted by Gasteiger charge is -2.18. The second-order valence-corrected chi connectivity index (χ2v) is 12.7. The smallest absolute Gasteiger partial charge is 0.342 e. The molecule has 0 saturated carbocycles. The molecule has 0 aromatic heterocycles. The molecular weight excluding hydrogens is 640 g/mol.